The quantitative estimate of drug-likeness (QED) is 0.732. The molecule has 0 aromatic heterocycles. The van der Waals surface area contributed by atoms with Crippen molar-refractivity contribution in [1.82, 2.24) is 20.4 Å². The second kappa shape index (κ2) is 6.75. The Hall–Kier alpha value is -1.30. The van der Waals surface area contributed by atoms with Gasteiger partial charge in [-0.3, -0.25) is 4.79 Å². The third-order valence-electron chi connectivity index (χ3n) is 3.85. The van der Waals surface area contributed by atoms with Gasteiger partial charge in [0.1, 0.15) is 0 Å². The monoisotopic (exact) mass is 268 g/mol. The van der Waals surface area contributed by atoms with Gasteiger partial charge in [-0.2, -0.15) is 0 Å². The van der Waals surface area contributed by atoms with Crippen LogP contribution < -0.4 is 10.6 Å². The fourth-order valence-corrected chi connectivity index (χ4v) is 2.71. The van der Waals surface area contributed by atoms with Gasteiger partial charge in [0.05, 0.1) is 5.92 Å². The number of rotatable bonds is 2. The average molecular weight is 268 g/mol. The van der Waals surface area contributed by atoms with Crippen LogP contribution in [0.15, 0.2) is 0 Å². The Kier molecular flexibility index (Phi) is 5.01. The molecule has 0 saturated carbocycles. The summed E-state index contributed by atoms with van der Waals surface area (Å²) in [4.78, 5) is 27.7. The van der Waals surface area contributed by atoms with E-state index in [1.54, 1.807) is 4.90 Å². The van der Waals surface area contributed by atoms with E-state index in [1.165, 1.54) is 0 Å². The highest BCUT2D eigenvalue weighted by Gasteiger charge is 2.29. The Morgan fingerprint density at radius 3 is 2.47 bits per heavy atom. The molecule has 2 N–H and O–H groups in total. The molecule has 6 nitrogen and oxygen atoms in total. The number of piperazine rings is 1. The number of hydrogen-bond acceptors (Lipinski definition) is 3. The first kappa shape index (κ1) is 14.1. The smallest absolute Gasteiger partial charge is 0.317 e. The predicted molar refractivity (Wildman–Crippen MR) is 72.8 cm³/mol. The minimum absolute atomic E-state index is 0.0195. The normalized spacial score (nSPS) is 24.2. The Morgan fingerprint density at radius 2 is 1.89 bits per heavy atom. The van der Waals surface area contributed by atoms with Crippen LogP contribution in [-0.4, -0.2) is 67.6 Å². The fourth-order valence-electron chi connectivity index (χ4n) is 2.71. The van der Waals surface area contributed by atoms with E-state index in [9.17, 15) is 9.59 Å². The van der Waals surface area contributed by atoms with Crippen molar-refractivity contribution in [2.75, 3.05) is 45.8 Å². The summed E-state index contributed by atoms with van der Waals surface area (Å²) in [6.07, 6.45) is 2.07. The van der Waals surface area contributed by atoms with Crippen molar-refractivity contribution in [2.45, 2.75) is 19.8 Å². The van der Waals surface area contributed by atoms with Gasteiger partial charge in [0.25, 0.3) is 0 Å². The Bertz CT molecular complexity index is 321. The van der Waals surface area contributed by atoms with E-state index >= 15 is 0 Å². The van der Waals surface area contributed by atoms with Gasteiger partial charge in [-0.25, -0.2) is 4.79 Å². The zero-order chi connectivity index (χ0) is 13.7. The largest absolute Gasteiger partial charge is 0.339 e. The van der Waals surface area contributed by atoms with E-state index in [1.807, 2.05) is 11.8 Å². The Morgan fingerprint density at radius 1 is 1.21 bits per heavy atom. The summed E-state index contributed by atoms with van der Waals surface area (Å²) < 4.78 is 0. The average Bonchev–Trinajstić information content (AvgIpc) is 2.48. The molecule has 6 heteroatoms. The molecule has 2 aliphatic heterocycles. The fraction of sp³-hybridized carbons (Fsp3) is 0.846. The second-order valence-corrected chi connectivity index (χ2v) is 5.19. The first-order valence-corrected chi connectivity index (χ1v) is 7.24. The van der Waals surface area contributed by atoms with Crippen LogP contribution >= 0.6 is 0 Å². The lowest BCUT2D eigenvalue weighted by molar-refractivity contribution is -0.137. The van der Waals surface area contributed by atoms with Gasteiger partial charge < -0.3 is 20.4 Å². The van der Waals surface area contributed by atoms with Crippen LogP contribution in [0, 0.1) is 5.92 Å². The molecule has 0 aliphatic carbocycles. The summed E-state index contributed by atoms with van der Waals surface area (Å²) in [5, 5.41) is 6.07. The van der Waals surface area contributed by atoms with Gasteiger partial charge in [0.2, 0.25) is 5.91 Å². The zero-order valence-corrected chi connectivity index (χ0v) is 11.7. The molecule has 0 radical (unpaired) electrons. The molecule has 2 fully saturated rings. The van der Waals surface area contributed by atoms with Crippen molar-refractivity contribution in [3.05, 3.63) is 0 Å². The van der Waals surface area contributed by atoms with Crippen molar-refractivity contribution >= 4 is 11.9 Å². The molecule has 1 atom stereocenters. The molecular formula is C13H24N4O2. The summed E-state index contributed by atoms with van der Waals surface area (Å²) in [5.41, 5.74) is 0. The lowest BCUT2D eigenvalue weighted by Crippen LogP contribution is -2.55. The van der Waals surface area contributed by atoms with E-state index in [2.05, 4.69) is 10.6 Å². The summed E-state index contributed by atoms with van der Waals surface area (Å²) >= 11 is 0. The minimum Gasteiger partial charge on any atom is -0.339 e. The van der Waals surface area contributed by atoms with E-state index in [0.717, 1.165) is 25.9 Å². The van der Waals surface area contributed by atoms with Gasteiger partial charge in [-0.05, 0) is 26.3 Å². The van der Waals surface area contributed by atoms with Gasteiger partial charge in [-0.1, -0.05) is 0 Å². The van der Waals surface area contributed by atoms with E-state index in [-0.39, 0.29) is 17.9 Å². The molecule has 0 bridgehead atoms. The Labute approximate surface area is 114 Å². The van der Waals surface area contributed by atoms with Crippen molar-refractivity contribution in [2.24, 2.45) is 5.92 Å². The molecule has 2 rings (SSSR count). The van der Waals surface area contributed by atoms with Crippen LogP contribution in [0.3, 0.4) is 0 Å². The molecule has 2 aliphatic rings. The first-order valence-electron chi connectivity index (χ1n) is 7.24. The van der Waals surface area contributed by atoms with Gasteiger partial charge in [0.15, 0.2) is 0 Å². The molecule has 2 saturated heterocycles. The molecule has 0 aromatic rings. The van der Waals surface area contributed by atoms with Gasteiger partial charge in [-0.15, -0.1) is 0 Å². The molecule has 0 spiro atoms. The molecule has 3 amide bonds. The van der Waals surface area contributed by atoms with Crippen molar-refractivity contribution in [3.8, 4) is 0 Å². The third-order valence-corrected chi connectivity index (χ3v) is 3.85. The van der Waals surface area contributed by atoms with E-state index < -0.39 is 0 Å². The maximum atomic E-state index is 12.3. The SMILES string of the molecule is CCNC(=O)N1CCN(C(=O)[C@@H]2CCCNC2)CC1. The highest BCUT2D eigenvalue weighted by Crippen LogP contribution is 2.15. The van der Waals surface area contributed by atoms with Crippen LogP contribution in [0.5, 0.6) is 0 Å². The topological polar surface area (TPSA) is 64.7 Å². The highest BCUT2D eigenvalue weighted by molar-refractivity contribution is 5.80. The van der Waals surface area contributed by atoms with Crippen molar-refractivity contribution in [3.63, 3.8) is 0 Å². The van der Waals surface area contributed by atoms with Crippen LogP contribution in [0.1, 0.15) is 19.8 Å². The van der Waals surface area contributed by atoms with Crippen LogP contribution in [0.4, 0.5) is 4.79 Å². The molecular weight excluding hydrogens is 244 g/mol. The van der Waals surface area contributed by atoms with E-state index in [0.29, 0.717) is 32.7 Å². The number of amides is 3. The van der Waals surface area contributed by atoms with Crippen LogP contribution in [-0.2, 0) is 4.79 Å². The summed E-state index contributed by atoms with van der Waals surface area (Å²) in [6.45, 7) is 6.97. The molecule has 19 heavy (non-hydrogen) atoms. The summed E-state index contributed by atoms with van der Waals surface area (Å²) in [7, 11) is 0. The van der Waals surface area contributed by atoms with Gasteiger partial charge in [0, 0.05) is 39.3 Å². The summed E-state index contributed by atoms with van der Waals surface area (Å²) in [6, 6.07) is -0.0195. The maximum Gasteiger partial charge on any atom is 0.317 e. The number of carbonyl (C=O) groups excluding carboxylic acids is 2. The zero-order valence-electron chi connectivity index (χ0n) is 11.7. The standard InChI is InChI=1S/C13H24N4O2/c1-2-15-13(19)17-8-6-16(7-9-17)12(18)11-4-3-5-14-10-11/h11,14H,2-10H2,1H3,(H,15,19)/t11-/m1/s1. The van der Waals surface area contributed by atoms with Gasteiger partial charge >= 0.3 is 6.03 Å². The van der Waals surface area contributed by atoms with E-state index in [4.69, 9.17) is 0 Å². The molecule has 108 valence electrons. The second-order valence-electron chi connectivity index (χ2n) is 5.19. The van der Waals surface area contributed by atoms with Crippen molar-refractivity contribution < 1.29 is 9.59 Å². The maximum absolute atomic E-state index is 12.3. The minimum atomic E-state index is -0.0195. The number of hydrogen-bond donors (Lipinski definition) is 2. The van der Waals surface area contributed by atoms with Crippen molar-refractivity contribution in [1.29, 1.82) is 0 Å². The molecule has 2 heterocycles. The number of nitrogens with zero attached hydrogens (tertiary/aromatic N) is 2. The number of urea groups is 1. The number of nitrogens with one attached hydrogen (secondary N) is 2. The number of piperidine rings is 1. The van der Waals surface area contributed by atoms with Crippen LogP contribution in [0.2, 0.25) is 0 Å². The molecule has 0 aromatic carbocycles. The summed E-state index contributed by atoms with van der Waals surface area (Å²) in [5.74, 6) is 0.382. The lowest BCUT2D eigenvalue weighted by atomic mass is 9.98. The highest BCUT2D eigenvalue weighted by atomic mass is 16.2. The third kappa shape index (κ3) is 3.59. The predicted octanol–water partition coefficient (Wildman–Crippen LogP) is -0.140. The van der Waals surface area contributed by atoms with Crippen LogP contribution in [0.25, 0.3) is 0 Å². The number of carbonyl (C=O) groups is 2. The first-order chi connectivity index (χ1) is 9.22. The lowest BCUT2D eigenvalue weighted by Gasteiger charge is -2.37. The molecule has 0 unspecified atom stereocenters. The Balaban J connectivity index is 1.79.